The van der Waals surface area contributed by atoms with Crippen molar-refractivity contribution in [3.8, 4) is 0 Å². The summed E-state index contributed by atoms with van der Waals surface area (Å²) in [6, 6.07) is 19.9. The van der Waals surface area contributed by atoms with Crippen LogP contribution in [0.2, 0.25) is 0 Å². The Morgan fingerprint density at radius 3 is 2.36 bits per heavy atom. The molecule has 1 unspecified atom stereocenters. The quantitative estimate of drug-likeness (QED) is 0.571. The largest absolute Gasteiger partial charge is 0.468 e. The molecule has 0 N–H and O–H groups in total. The fourth-order valence-corrected chi connectivity index (χ4v) is 3.12. The van der Waals surface area contributed by atoms with Gasteiger partial charge in [-0.1, -0.05) is 42.5 Å². The molecule has 1 aromatic heterocycles. The summed E-state index contributed by atoms with van der Waals surface area (Å²) >= 11 is 0. The SMILES string of the molecule is CC(c1ccc(F)cc1)N(C)C(=O)CN(Cc1ccccc1)Cc1ccco1. The van der Waals surface area contributed by atoms with Gasteiger partial charge in [-0.05, 0) is 42.3 Å². The van der Waals surface area contributed by atoms with Crippen molar-refractivity contribution in [3.63, 3.8) is 0 Å². The van der Waals surface area contributed by atoms with Crippen LogP contribution in [0.25, 0.3) is 0 Å². The highest BCUT2D eigenvalue weighted by atomic mass is 19.1. The number of rotatable bonds is 8. The van der Waals surface area contributed by atoms with Crippen LogP contribution in [-0.2, 0) is 17.9 Å². The van der Waals surface area contributed by atoms with Crippen molar-refractivity contribution in [3.05, 3.63) is 95.7 Å². The van der Waals surface area contributed by atoms with Crippen LogP contribution in [0.3, 0.4) is 0 Å². The third kappa shape index (κ3) is 5.30. The number of benzene rings is 2. The highest BCUT2D eigenvalue weighted by Gasteiger charge is 2.21. The summed E-state index contributed by atoms with van der Waals surface area (Å²) in [5.41, 5.74) is 2.04. The molecule has 5 heteroatoms. The average Bonchev–Trinajstić information content (AvgIpc) is 3.21. The third-order valence-electron chi connectivity index (χ3n) is 4.89. The highest BCUT2D eigenvalue weighted by Crippen LogP contribution is 2.20. The van der Waals surface area contributed by atoms with Crippen LogP contribution in [-0.4, -0.2) is 29.3 Å². The van der Waals surface area contributed by atoms with Gasteiger partial charge in [0.1, 0.15) is 11.6 Å². The summed E-state index contributed by atoms with van der Waals surface area (Å²) in [5, 5.41) is 0. The van der Waals surface area contributed by atoms with Crippen LogP contribution >= 0.6 is 0 Å². The topological polar surface area (TPSA) is 36.7 Å². The van der Waals surface area contributed by atoms with E-state index in [0.29, 0.717) is 13.1 Å². The molecule has 1 amide bonds. The zero-order chi connectivity index (χ0) is 19.9. The van der Waals surface area contributed by atoms with E-state index < -0.39 is 0 Å². The predicted octanol–water partition coefficient (Wildman–Crippen LogP) is 4.64. The van der Waals surface area contributed by atoms with E-state index in [4.69, 9.17) is 4.42 Å². The number of amides is 1. The van der Waals surface area contributed by atoms with Gasteiger partial charge in [0.2, 0.25) is 5.91 Å². The predicted molar refractivity (Wildman–Crippen MR) is 107 cm³/mol. The van der Waals surface area contributed by atoms with Crippen molar-refractivity contribution in [2.24, 2.45) is 0 Å². The first-order valence-electron chi connectivity index (χ1n) is 9.32. The van der Waals surface area contributed by atoms with E-state index in [1.807, 2.05) is 49.4 Å². The van der Waals surface area contributed by atoms with Gasteiger partial charge in [0, 0.05) is 13.6 Å². The normalized spacial score (nSPS) is 12.1. The summed E-state index contributed by atoms with van der Waals surface area (Å²) in [7, 11) is 1.78. The smallest absolute Gasteiger partial charge is 0.237 e. The van der Waals surface area contributed by atoms with Crippen molar-refractivity contribution < 1.29 is 13.6 Å². The molecular formula is C23H25FN2O2. The minimum atomic E-state index is -0.280. The maximum atomic E-state index is 13.2. The number of nitrogens with zero attached hydrogens (tertiary/aromatic N) is 2. The number of halogens is 1. The minimum absolute atomic E-state index is 0.000637. The van der Waals surface area contributed by atoms with Crippen LogP contribution in [0.1, 0.15) is 29.9 Å². The van der Waals surface area contributed by atoms with Crippen LogP contribution in [0, 0.1) is 5.82 Å². The Morgan fingerprint density at radius 2 is 1.71 bits per heavy atom. The van der Waals surface area contributed by atoms with E-state index in [1.54, 1.807) is 30.3 Å². The maximum absolute atomic E-state index is 13.2. The van der Waals surface area contributed by atoms with Gasteiger partial charge >= 0.3 is 0 Å². The molecule has 0 saturated carbocycles. The fourth-order valence-electron chi connectivity index (χ4n) is 3.12. The van der Waals surface area contributed by atoms with E-state index in [1.165, 1.54) is 12.1 Å². The van der Waals surface area contributed by atoms with E-state index in [9.17, 15) is 9.18 Å². The average molecular weight is 380 g/mol. The zero-order valence-electron chi connectivity index (χ0n) is 16.2. The molecule has 0 spiro atoms. The molecule has 0 aliphatic heterocycles. The van der Waals surface area contributed by atoms with Gasteiger partial charge in [0.25, 0.3) is 0 Å². The fraction of sp³-hybridized carbons (Fsp3) is 0.261. The Labute approximate surface area is 165 Å². The summed E-state index contributed by atoms with van der Waals surface area (Å²) in [5.74, 6) is 0.537. The Morgan fingerprint density at radius 1 is 1.00 bits per heavy atom. The van der Waals surface area contributed by atoms with Gasteiger partial charge in [0.05, 0.1) is 25.4 Å². The van der Waals surface area contributed by atoms with Gasteiger partial charge in [-0.3, -0.25) is 9.69 Å². The Balaban J connectivity index is 1.69. The van der Waals surface area contributed by atoms with Gasteiger partial charge in [-0.2, -0.15) is 0 Å². The summed E-state index contributed by atoms with van der Waals surface area (Å²) in [6.07, 6.45) is 1.64. The molecule has 1 atom stereocenters. The number of carbonyl (C=O) groups is 1. The number of likely N-dealkylation sites (N-methyl/N-ethyl adjacent to an activating group) is 1. The summed E-state index contributed by atoms with van der Waals surface area (Å²) < 4.78 is 18.6. The van der Waals surface area contributed by atoms with Gasteiger partial charge < -0.3 is 9.32 Å². The van der Waals surface area contributed by atoms with E-state index >= 15 is 0 Å². The van der Waals surface area contributed by atoms with Crippen molar-refractivity contribution in [1.29, 1.82) is 0 Å². The molecule has 0 bridgehead atoms. The van der Waals surface area contributed by atoms with Crippen molar-refractivity contribution >= 4 is 5.91 Å². The molecule has 3 aromatic rings. The number of hydrogen-bond acceptors (Lipinski definition) is 3. The van der Waals surface area contributed by atoms with E-state index in [-0.39, 0.29) is 24.3 Å². The molecular weight excluding hydrogens is 355 g/mol. The first-order chi connectivity index (χ1) is 13.5. The molecule has 0 aliphatic rings. The number of carbonyl (C=O) groups excluding carboxylic acids is 1. The third-order valence-corrected chi connectivity index (χ3v) is 4.89. The molecule has 1 heterocycles. The van der Waals surface area contributed by atoms with Crippen molar-refractivity contribution in [2.75, 3.05) is 13.6 Å². The molecule has 0 radical (unpaired) electrons. The van der Waals surface area contributed by atoms with Crippen LogP contribution < -0.4 is 0 Å². The molecule has 3 rings (SSSR count). The molecule has 4 nitrogen and oxygen atoms in total. The lowest BCUT2D eigenvalue weighted by Crippen LogP contribution is -2.39. The Kier molecular flexibility index (Phi) is 6.61. The lowest BCUT2D eigenvalue weighted by molar-refractivity contribution is -0.133. The van der Waals surface area contributed by atoms with Gasteiger partial charge in [-0.25, -0.2) is 4.39 Å². The van der Waals surface area contributed by atoms with Crippen LogP contribution in [0.15, 0.2) is 77.4 Å². The van der Waals surface area contributed by atoms with Crippen LogP contribution in [0.4, 0.5) is 4.39 Å². The molecule has 0 fully saturated rings. The van der Waals surface area contributed by atoms with Crippen molar-refractivity contribution in [1.82, 2.24) is 9.80 Å². The van der Waals surface area contributed by atoms with Gasteiger partial charge in [-0.15, -0.1) is 0 Å². The summed E-state index contributed by atoms with van der Waals surface area (Å²) in [6.45, 7) is 3.40. The first-order valence-corrected chi connectivity index (χ1v) is 9.32. The first kappa shape index (κ1) is 19.8. The van der Waals surface area contributed by atoms with Crippen molar-refractivity contribution in [2.45, 2.75) is 26.1 Å². The van der Waals surface area contributed by atoms with E-state index in [2.05, 4.69) is 4.90 Å². The summed E-state index contributed by atoms with van der Waals surface area (Å²) in [4.78, 5) is 16.7. The van der Waals surface area contributed by atoms with Crippen LogP contribution in [0.5, 0.6) is 0 Å². The zero-order valence-corrected chi connectivity index (χ0v) is 16.2. The molecule has 146 valence electrons. The maximum Gasteiger partial charge on any atom is 0.237 e. The molecule has 0 aliphatic carbocycles. The second-order valence-electron chi connectivity index (χ2n) is 6.94. The van der Waals surface area contributed by atoms with Gasteiger partial charge in [0.15, 0.2) is 0 Å². The second kappa shape index (κ2) is 9.33. The number of hydrogen-bond donors (Lipinski definition) is 0. The highest BCUT2D eigenvalue weighted by molar-refractivity contribution is 5.78. The monoisotopic (exact) mass is 380 g/mol. The van der Waals surface area contributed by atoms with E-state index in [0.717, 1.165) is 16.9 Å². The number of furan rings is 1. The second-order valence-corrected chi connectivity index (χ2v) is 6.94. The lowest BCUT2D eigenvalue weighted by atomic mass is 10.1. The minimum Gasteiger partial charge on any atom is -0.468 e. The molecule has 28 heavy (non-hydrogen) atoms. The lowest BCUT2D eigenvalue weighted by Gasteiger charge is -2.29. The Hall–Kier alpha value is -2.92. The standard InChI is InChI=1S/C23H25FN2O2/c1-18(20-10-12-21(24)13-11-20)25(2)23(27)17-26(16-22-9-6-14-28-22)15-19-7-4-3-5-8-19/h3-14,18H,15-17H2,1-2H3. The Bertz CT molecular complexity index is 863. The molecule has 2 aromatic carbocycles. The molecule has 0 saturated heterocycles.